The van der Waals surface area contributed by atoms with Crippen molar-refractivity contribution >= 4 is 23.0 Å². The molecule has 21 heavy (non-hydrogen) atoms. The van der Waals surface area contributed by atoms with Gasteiger partial charge in [-0.15, -0.1) is 0 Å². The molecule has 6 heteroatoms. The Bertz CT molecular complexity index is 466. The summed E-state index contributed by atoms with van der Waals surface area (Å²) >= 11 is 5.28. The van der Waals surface area contributed by atoms with Gasteiger partial charge in [-0.1, -0.05) is 0 Å². The van der Waals surface area contributed by atoms with E-state index >= 15 is 0 Å². The van der Waals surface area contributed by atoms with Gasteiger partial charge in [-0.3, -0.25) is 0 Å². The summed E-state index contributed by atoms with van der Waals surface area (Å²) in [5.41, 5.74) is 1.93. The maximum Gasteiger partial charge on any atom is 0.170 e. The van der Waals surface area contributed by atoms with Crippen LogP contribution >= 0.6 is 12.2 Å². The van der Waals surface area contributed by atoms with E-state index in [1.54, 1.807) is 14.2 Å². The second-order valence-electron chi connectivity index (χ2n) is 4.45. The molecule has 0 atom stereocenters. The average Bonchev–Trinajstić information content (AvgIpc) is 2.48. The van der Waals surface area contributed by atoms with Gasteiger partial charge < -0.3 is 24.8 Å². The quantitative estimate of drug-likeness (QED) is 0.569. The van der Waals surface area contributed by atoms with Crippen LogP contribution in [0, 0.1) is 6.92 Å². The third-order valence-electron chi connectivity index (χ3n) is 2.93. The van der Waals surface area contributed by atoms with Gasteiger partial charge >= 0.3 is 0 Å². The van der Waals surface area contributed by atoms with E-state index in [-0.39, 0.29) is 0 Å². The summed E-state index contributed by atoms with van der Waals surface area (Å²) in [6.07, 6.45) is 0.917. The number of anilines is 1. The van der Waals surface area contributed by atoms with Crippen LogP contribution < -0.4 is 20.1 Å². The van der Waals surface area contributed by atoms with Crippen LogP contribution in [0.25, 0.3) is 0 Å². The number of nitrogens with one attached hydrogen (secondary N) is 2. The number of hydrogen-bond acceptors (Lipinski definition) is 4. The maximum atomic E-state index is 5.29. The van der Waals surface area contributed by atoms with Gasteiger partial charge in [0.2, 0.25) is 0 Å². The molecule has 0 heterocycles. The van der Waals surface area contributed by atoms with Crippen molar-refractivity contribution in [2.45, 2.75) is 20.3 Å². The smallest absolute Gasteiger partial charge is 0.170 e. The van der Waals surface area contributed by atoms with Crippen LogP contribution in [0.2, 0.25) is 0 Å². The predicted octanol–water partition coefficient (Wildman–Crippen LogP) is 2.73. The standard InChI is InChI=1S/C15H24N2O3S/c1-5-20-8-6-7-16-15(21)17-12-10-14(19-4)13(18-3)9-11(12)2/h9-10H,5-8H2,1-4H3,(H2,16,17,21). The highest BCUT2D eigenvalue weighted by Gasteiger charge is 2.09. The number of thiocarbonyl (C=S) groups is 1. The Labute approximate surface area is 132 Å². The van der Waals surface area contributed by atoms with Gasteiger partial charge in [0.15, 0.2) is 16.6 Å². The van der Waals surface area contributed by atoms with Gasteiger partial charge in [-0.05, 0) is 44.1 Å². The summed E-state index contributed by atoms with van der Waals surface area (Å²) in [7, 11) is 3.23. The lowest BCUT2D eigenvalue weighted by Gasteiger charge is -2.15. The number of hydrogen-bond donors (Lipinski definition) is 2. The number of ether oxygens (including phenoxy) is 3. The Kier molecular flexibility index (Phi) is 7.85. The molecule has 0 aliphatic rings. The van der Waals surface area contributed by atoms with Gasteiger partial charge in [-0.25, -0.2) is 0 Å². The largest absolute Gasteiger partial charge is 0.493 e. The minimum atomic E-state index is 0.585. The third kappa shape index (κ3) is 5.77. The van der Waals surface area contributed by atoms with Gasteiger partial charge in [0, 0.05) is 31.5 Å². The molecule has 1 aromatic carbocycles. The summed E-state index contributed by atoms with van der Waals surface area (Å²) in [6.45, 7) is 6.23. The number of rotatable bonds is 8. The second-order valence-corrected chi connectivity index (χ2v) is 4.86. The van der Waals surface area contributed by atoms with Crippen molar-refractivity contribution in [2.75, 3.05) is 39.3 Å². The molecule has 0 unspecified atom stereocenters. The van der Waals surface area contributed by atoms with Crippen molar-refractivity contribution < 1.29 is 14.2 Å². The van der Waals surface area contributed by atoms with Crippen LogP contribution in [-0.4, -0.2) is 39.1 Å². The highest BCUT2D eigenvalue weighted by Crippen LogP contribution is 2.32. The molecular weight excluding hydrogens is 288 g/mol. The first-order chi connectivity index (χ1) is 10.1. The fourth-order valence-electron chi connectivity index (χ4n) is 1.80. The van der Waals surface area contributed by atoms with E-state index in [4.69, 9.17) is 26.4 Å². The molecule has 2 N–H and O–H groups in total. The van der Waals surface area contributed by atoms with Crippen molar-refractivity contribution in [3.8, 4) is 11.5 Å². The van der Waals surface area contributed by atoms with Crippen molar-refractivity contribution in [3.63, 3.8) is 0 Å². The minimum absolute atomic E-state index is 0.585. The molecule has 0 radical (unpaired) electrons. The maximum absolute atomic E-state index is 5.29. The van der Waals surface area contributed by atoms with Crippen LogP contribution in [0.3, 0.4) is 0 Å². The first kappa shape index (κ1) is 17.5. The molecule has 0 spiro atoms. The normalized spacial score (nSPS) is 10.1. The van der Waals surface area contributed by atoms with E-state index < -0.39 is 0 Å². The lowest BCUT2D eigenvalue weighted by molar-refractivity contribution is 0.146. The van der Waals surface area contributed by atoms with E-state index in [9.17, 15) is 0 Å². The molecule has 0 saturated carbocycles. The molecule has 0 saturated heterocycles. The Morgan fingerprint density at radius 1 is 1.19 bits per heavy atom. The lowest BCUT2D eigenvalue weighted by atomic mass is 10.1. The summed E-state index contributed by atoms with van der Waals surface area (Å²) in [5.74, 6) is 1.38. The second kappa shape index (κ2) is 9.41. The summed E-state index contributed by atoms with van der Waals surface area (Å²) in [4.78, 5) is 0. The van der Waals surface area contributed by atoms with E-state index in [2.05, 4.69) is 10.6 Å². The first-order valence-corrected chi connectivity index (χ1v) is 7.38. The van der Waals surface area contributed by atoms with Crippen molar-refractivity contribution in [1.82, 2.24) is 5.32 Å². The monoisotopic (exact) mass is 312 g/mol. The Morgan fingerprint density at radius 3 is 2.48 bits per heavy atom. The Balaban J connectivity index is 2.55. The van der Waals surface area contributed by atoms with Crippen LogP contribution in [0.1, 0.15) is 18.9 Å². The molecule has 0 fully saturated rings. The molecule has 0 amide bonds. The van der Waals surface area contributed by atoms with Crippen LogP contribution in [0.15, 0.2) is 12.1 Å². The summed E-state index contributed by atoms with van der Waals surface area (Å²) < 4.78 is 15.8. The van der Waals surface area contributed by atoms with E-state index in [0.29, 0.717) is 16.6 Å². The fourth-order valence-corrected chi connectivity index (χ4v) is 2.01. The molecule has 1 rings (SSSR count). The Hall–Kier alpha value is -1.53. The lowest BCUT2D eigenvalue weighted by Crippen LogP contribution is -2.30. The zero-order chi connectivity index (χ0) is 15.7. The van der Waals surface area contributed by atoms with Gasteiger partial charge in [0.05, 0.1) is 14.2 Å². The molecule has 0 bridgehead atoms. The number of benzene rings is 1. The highest BCUT2D eigenvalue weighted by molar-refractivity contribution is 7.80. The van der Waals surface area contributed by atoms with E-state index in [1.165, 1.54) is 0 Å². The highest BCUT2D eigenvalue weighted by atomic mass is 32.1. The summed E-state index contributed by atoms with van der Waals surface area (Å²) in [5, 5.41) is 6.91. The molecule has 118 valence electrons. The molecular formula is C15H24N2O3S. The van der Waals surface area contributed by atoms with Crippen LogP contribution in [0.4, 0.5) is 5.69 Å². The summed E-state index contributed by atoms with van der Waals surface area (Å²) in [6, 6.07) is 3.79. The van der Waals surface area contributed by atoms with Gasteiger partial charge in [0.1, 0.15) is 0 Å². The van der Waals surface area contributed by atoms with E-state index in [0.717, 1.165) is 37.4 Å². The molecule has 0 aliphatic carbocycles. The molecule has 1 aromatic rings. The number of methoxy groups -OCH3 is 2. The van der Waals surface area contributed by atoms with Crippen molar-refractivity contribution in [1.29, 1.82) is 0 Å². The van der Waals surface area contributed by atoms with Crippen molar-refractivity contribution in [3.05, 3.63) is 17.7 Å². The average molecular weight is 312 g/mol. The van der Waals surface area contributed by atoms with Gasteiger partial charge in [0.25, 0.3) is 0 Å². The van der Waals surface area contributed by atoms with Crippen LogP contribution in [-0.2, 0) is 4.74 Å². The molecule has 5 nitrogen and oxygen atoms in total. The zero-order valence-electron chi connectivity index (χ0n) is 13.1. The van der Waals surface area contributed by atoms with Crippen molar-refractivity contribution in [2.24, 2.45) is 0 Å². The Morgan fingerprint density at radius 2 is 1.86 bits per heavy atom. The van der Waals surface area contributed by atoms with Crippen LogP contribution in [0.5, 0.6) is 11.5 Å². The first-order valence-electron chi connectivity index (χ1n) is 6.97. The number of aryl methyl sites for hydroxylation is 1. The fraction of sp³-hybridized carbons (Fsp3) is 0.533. The zero-order valence-corrected chi connectivity index (χ0v) is 13.9. The molecule has 0 aliphatic heterocycles. The SMILES string of the molecule is CCOCCCNC(=S)Nc1cc(OC)c(OC)cc1C. The molecule has 0 aromatic heterocycles. The third-order valence-corrected chi connectivity index (χ3v) is 3.18. The topological polar surface area (TPSA) is 51.8 Å². The van der Waals surface area contributed by atoms with Gasteiger partial charge in [-0.2, -0.15) is 0 Å². The van der Waals surface area contributed by atoms with E-state index in [1.807, 2.05) is 26.0 Å². The predicted molar refractivity (Wildman–Crippen MR) is 89.6 cm³/mol. The minimum Gasteiger partial charge on any atom is -0.493 e.